The summed E-state index contributed by atoms with van der Waals surface area (Å²) in [5, 5.41) is 4.59. The Morgan fingerprint density at radius 2 is 1.72 bits per heavy atom. The molecule has 0 spiro atoms. The summed E-state index contributed by atoms with van der Waals surface area (Å²) >= 11 is 0. The lowest BCUT2D eigenvalue weighted by molar-refractivity contribution is 0.506. The van der Waals surface area contributed by atoms with Crippen LogP contribution in [0.3, 0.4) is 0 Å². The van der Waals surface area contributed by atoms with Crippen LogP contribution < -0.4 is 21.9 Å². The maximum absolute atomic E-state index is 13.1. The molecule has 0 saturated carbocycles. The molecule has 2 unspecified atom stereocenters. The molecule has 2 aromatic carbocycles. The number of nitrogens with zero attached hydrogens (tertiary/aromatic N) is 1. The van der Waals surface area contributed by atoms with Crippen LogP contribution in [-0.4, -0.2) is 12.6 Å². The molecule has 0 aromatic heterocycles. The van der Waals surface area contributed by atoms with Gasteiger partial charge in [-0.1, -0.05) is 12.1 Å². The number of hydrogen-bond acceptors (Lipinski definition) is 4. The third kappa shape index (κ3) is 4.94. The van der Waals surface area contributed by atoms with Gasteiger partial charge in [-0.05, 0) is 43.2 Å². The highest BCUT2D eigenvalue weighted by Crippen LogP contribution is 2.25. The van der Waals surface area contributed by atoms with Gasteiger partial charge >= 0.3 is 0 Å². The molecule has 2 atom stereocenters. The van der Waals surface area contributed by atoms with Crippen molar-refractivity contribution in [1.82, 2.24) is 5.32 Å². The van der Waals surface area contributed by atoms with Crippen molar-refractivity contribution >= 4 is 5.69 Å². The molecule has 136 valence electrons. The second-order valence-electron chi connectivity index (χ2n) is 6.12. The molecule has 0 amide bonds. The summed E-state index contributed by atoms with van der Waals surface area (Å²) in [4.78, 5) is 0. The fourth-order valence-electron chi connectivity index (χ4n) is 2.48. The van der Waals surface area contributed by atoms with Crippen LogP contribution in [0.2, 0.25) is 0 Å². The third-order valence-electron chi connectivity index (χ3n) is 4.03. The first-order valence-corrected chi connectivity index (χ1v) is 8.03. The Balaban J connectivity index is 0.000000196. The lowest BCUT2D eigenvalue weighted by Crippen LogP contribution is -2.43. The van der Waals surface area contributed by atoms with E-state index in [0.717, 1.165) is 11.6 Å². The number of anilines is 1. The predicted octanol–water partition coefficient (Wildman–Crippen LogP) is 2.98. The van der Waals surface area contributed by atoms with Crippen molar-refractivity contribution in [3.63, 3.8) is 0 Å². The molecule has 0 saturated heterocycles. The van der Waals surface area contributed by atoms with Crippen LogP contribution in [0.25, 0.3) is 0 Å². The van der Waals surface area contributed by atoms with Gasteiger partial charge in [0.2, 0.25) is 0 Å². The van der Waals surface area contributed by atoms with E-state index in [1.165, 1.54) is 23.2 Å². The molecule has 1 aliphatic heterocycles. The van der Waals surface area contributed by atoms with Crippen LogP contribution in [-0.2, 0) is 6.54 Å². The minimum absolute atomic E-state index is 0.0133. The number of nitrogens with two attached hydrogens (primary N) is 2. The van der Waals surface area contributed by atoms with Crippen molar-refractivity contribution < 1.29 is 13.2 Å². The Hall–Kier alpha value is -2.09. The predicted molar refractivity (Wildman–Crippen MR) is 93.2 cm³/mol. The van der Waals surface area contributed by atoms with Gasteiger partial charge in [-0.3, -0.25) is 0 Å². The maximum Gasteiger partial charge on any atom is 0.160 e. The minimum Gasteiger partial charge on any atom is -0.324 e. The largest absolute Gasteiger partial charge is 0.324 e. The molecule has 5 N–H and O–H groups in total. The zero-order valence-electron chi connectivity index (χ0n) is 14.3. The molecule has 7 heteroatoms. The van der Waals surface area contributed by atoms with E-state index in [1.54, 1.807) is 12.1 Å². The SMILES string of the molecule is CC(N)c1ccc(F)cc1.CC1CNCc2cc(F)c(F)cc2N1N. The Morgan fingerprint density at radius 1 is 1.12 bits per heavy atom. The number of rotatable bonds is 1. The number of fused-ring (bicyclic) bond motifs is 1. The zero-order chi connectivity index (χ0) is 18.6. The number of hydrazine groups is 1. The van der Waals surface area contributed by atoms with E-state index in [0.29, 0.717) is 24.3 Å². The Morgan fingerprint density at radius 3 is 2.32 bits per heavy atom. The number of hydrogen-bond donors (Lipinski definition) is 3. The molecule has 0 radical (unpaired) electrons. The van der Waals surface area contributed by atoms with E-state index >= 15 is 0 Å². The summed E-state index contributed by atoms with van der Waals surface area (Å²) in [6.07, 6.45) is 0. The summed E-state index contributed by atoms with van der Waals surface area (Å²) in [5.74, 6) is 3.90. The monoisotopic (exact) mass is 352 g/mol. The third-order valence-corrected chi connectivity index (χ3v) is 4.03. The first-order valence-electron chi connectivity index (χ1n) is 8.03. The molecule has 0 fully saturated rings. The van der Waals surface area contributed by atoms with Crippen molar-refractivity contribution in [2.24, 2.45) is 11.6 Å². The normalized spacial score (nSPS) is 17.9. The van der Waals surface area contributed by atoms with Gasteiger partial charge in [-0.15, -0.1) is 0 Å². The van der Waals surface area contributed by atoms with Gasteiger partial charge in [0, 0.05) is 25.2 Å². The van der Waals surface area contributed by atoms with Gasteiger partial charge in [0.15, 0.2) is 11.6 Å². The highest BCUT2D eigenvalue weighted by Gasteiger charge is 2.20. The smallest absolute Gasteiger partial charge is 0.160 e. The van der Waals surface area contributed by atoms with Gasteiger partial charge in [0.1, 0.15) is 5.82 Å². The van der Waals surface area contributed by atoms with E-state index in [2.05, 4.69) is 5.32 Å². The van der Waals surface area contributed by atoms with E-state index in [9.17, 15) is 13.2 Å². The van der Waals surface area contributed by atoms with E-state index in [1.807, 2.05) is 13.8 Å². The fourth-order valence-corrected chi connectivity index (χ4v) is 2.48. The summed E-state index contributed by atoms with van der Waals surface area (Å²) in [6.45, 7) is 4.98. The van der Waals surface area contributed by atoms with Gasteiger partial charge in [-0.2, -0.15) is 0 Å². The molecular formula is C18H23F3N4. The number of halogens is 3. The van der Waals surface area contributed by atoms with E-state index in [-0.39, 0.29) is 17.9 Å². The first-order chi connectivity index (χ1) is 11.8. The Labute approximate surface area is 145 Å². The summed E-state index contributed by atoms with van der Waals surface area (Å²) in [6, 6.07) is 8.60. The zero-order valence-corrected chi connectivity index (χ0v) is 14.3. The highest BCUT2D eigenvalue weighted by molar-refractivity contribution is 5.54. The fraction of sp³-hybridized carbons (Fsp3) is 0.333. The molecule has 1 heterocycles. The van der Waals surface area contributed by atoms with Crippen molar-refractivity contribution in [3.8, 4) is 0 Å². The standard InChI is InChI=1S/C10H13F2N3.C8H10FN/c1-6-4-14-5-7-2-8(11)9(12)3-10(7)15(6)13;1-6(10)7-2-4-8(9)5-3-7/h2-3,6,14H,4-5,13H2,1H3;2-6H,10H2,1H3. The Bertz CT molecular complexity index is 704. The summed E-state index contributed by atoms with van der Waals surface area (Å²) < 4.78 is 38.4. The van der Waals surface area contributed by atoms with Crippen molar-refractivity contribution in [1.29, 1.82) is 0 Å². The second kappa shape index (κ2) is 8.33. The Kier molecular flexibility index (Phi) is 6.41. The molecule has 2 aromatic rings. The molecule has 1 aliphatic rings. The maximum atomic E-state index is 13.1. The first kappa shape index (κ1) is 19.2. The van der Waals surface area contributed by atoms with Crippen LogP contribution in [0, 0.1) is 17.5 Å². The second-order valence-corrected chi connectivity index (χ2v) is 6.12. The number of benzene rings is 2. The van der Waals surface area contributed by atoms with Crippen LogP contribution in [0.15, 0.2) is 36.4 Å². The summed E-state index contributed by atoms with van der Waals surface area (Å²) in [7, 11) is 0. The minimum atomic E-state index is -0.863. The number of nitrogens with one attached hydrogen (secondary N) is 1. The lowest BCUT2D eigenvalue weighted by Gasteiger charge is -2.24. The van der Waals surface area contributed by atoms with Crippen LogP contribution in [0.1, 0.15) is 31.0 Å². The van der Waals surface area contributed by atoms with Crippen molar-refractivity contribution in [3.05, 3.63) is 65.0 Å². The molecule has 4 nitrogen and oxygen atoms in total. The van der Waals surface area contributed by atoms with E-state index in [4.69, 9.17) is 11.6 Å². The lowest BCUT2D eigenvalue weighted by atomic mass is 10.1. The van der Waals surface area contributed by atoms with Crippen molar-refractivity contribution in [2.75, 3.05) is 11.6 Å². The topological polar surface area (TPSA) is 67.3 Å². The van der Waals surface area contributed by atoms with Gasteiger partial charge in [0.05, 0.1) is 11.7 Å². The molecule has 3 rings (SSSR count). The van der Waals surface area contributed by atoms with Gasteiger partial charge in [0.25, 0.3) is 0 Å². The van der Waals surface area contributed by atoms with Gasteiger partial charge < -0.3 is 16.1 Å². The summed E-state index contributed by atoms with van der Waals surface area (Å²) in [5.41, 5.74) is 7.73. The highest BCUT2D eigenvalue weighted by atomic mass is 19.2. The van der Waals surface area contributed by atoms with Crippen LogP contribution in [0.5, 0.6) is 0 Å². The van der Waals surface area contributed by atoms with E-state index < -0.39 is 11.6 Å². The average molecular weight is 352 g/mol. The van der Waals surface area contributed by atoms with Crippen molar-refractivity contribution in [2.45, 2.75) is 32.5 Å². The quantitative estimate of drug-likeness (QED) is 0.690. The van der Waals surface area contributed by atoms with Gasteiger partial charge in [-0.25, -0.2) is 19.0 Å². The van der Waals surface area contributed by atoms with Crippen LogP contribution in [0.4, 0.5) is 18.9 Å². The molecule has 0 aliphatic carbocycles. The molecule has 25 heavy (non-hydrogen) atoms. The molecule has 0 bridgehead atoms. The molecular weight excluding hydrogens is 329 g/mol. The van der Waals surface area contributed by atoms with Crippen LogP contribution >= 0.6 is 0 Å². The average Bonchev–Trinajstić information content (AvgIpc) is 2.70.